The van der Waals surface area contributed by atoms with Gasteiger partial charge in [-0.1, -0.05) is 30.3 Å². The van der Waals surface area contributed by atoms with E-state index < -0.39 is 0 Å². The van der Waals surface area contributed by atoms with Crippen molar-refractivity contribution in [3.63, 3.8) is 0 Å². The van der Waals surface area contributed by atoms with Crippen molar-refractivity contribution < 1.29 is 9.53 Å². The van der Waals surface area contributed by atoms with Crippen LogP contribution in [-0.4, -0.2) is 25.5 Å². The molecular formula is C11H13NO2. The fourth-order valence-electron chi connectivity index (χ4n) is 1.69. The summed E-state index contributed by atoms with van der Waals surface area (Å²) in [7, 11) is 0. The summed E-state index contributed by atoms with van der Waals surface area (Å²) in [5.74, 6) is 0. The van der Waals surface area contributed by atoms with Crippen LogP contribution in [0.1, 0.15) is 11.7 Å². The highest BCUT2D eigenvalue weighted by Gasteiger charge is 2.26. The van der Waals surface area contributed by atoms with Crippen LogP contribution in [0.4, 0.5) is 0 Å². The average molecular weight is 191 g/mol. The maximum absolute atomic E-state index is 10.8. The van der Waals surface area contributed by atoms with Gasteiger partial charge in [0.1, 0.15) is 12.4 Å². The van der Waals surface area contributed by atoms with Crippen LogP contribution in [0.25, 0.3) is 0 Å². The van der Waals surface area contributed by atoms with Gasteiger partial charge in [-0.15, -0.1) is 0 Å². The Hall–Kier alpha value is -1.19. The molecule has 0 amide bonds. The van der Waals surface area contributed by atoms with Gasteiger partial charge >= 0.3 is 0 Å². The molecule has 2 atom stereocenters. The minimum absolute atomic E-state index is 0.137. The molecule has 1 fully saturated rings. The summed E-state index contributed by atoms with van der Waals surface area (Å²) >= 11 is 0. The molecule has 3 nitrogen and oxygen atoms in total. The van der Waals surface area contributed by atoms with E-state index in [1.54, 1.807) is 0 Å². The molecule has 0 radical (unpaired) electrons. The lowest BCUT2D eigenvalue weighted by atomic mass is 10.0. The van der Waals surface area contributed by atoms with E-state index in [0.717, 1.165) is 18.4 Å². The maximum Gasteiger partial charge on any atom is 0.139 e. The Kier molecular flexibility index (Phi) is 2.91. The van der Waals surface area contributed by atoms with Crippen molar-refractivity contribution in [3.05, 3.63) is 35.9 Å². The molecule has 1 aromatic rings. The molecule has 14 heavy (non-hydrogen) atoms. The number of hydrogen-bond acceptors (Lipinski definition) is 3. The van der Waals surface area contributed by atoms with E-state index in [9.17, 15) is 4.79 Å². The Labute approximate surface area is 83.1 Å². The molecule has 74 valence electrons. The minimum Gasteiger partial charge on any atom is -0.370 e. The van der Waals surface area contributed by atoms with Crippen LogP contribution in [0.15, 0.2) is 30.3 Å². The molecule has 1 heterocycles. The predicted octanol–water partition coefficient (Wildman–Crippen LogP) is 0.915. The fraction of sp³-hybridized carbons (Fsp3) is 0.364. The Morgan fingerprint density at radius 3 is 2.86 bits per heavy atom. The number of aldehydes is 1. The van der Waals surface area contributed by atoms with Crippen LogP contribution < -0.4 is 5.32 Å². The summed E-state index contributed by atoms with van der Waals surface area (Å²) in [6, 6.07) is 9.61. The average Bonchev–Trinajstić information content (AvgIpc) is 2.30. The smallest absolute Gasteiger partial charge is 0.139 e. The first kappa shape index (κ1) is 9.37. The molecule has 1 N–H and O–H groups in total. The second-order valence-electron chi connectivity index (χ2n) is 3.32. The van der Waals surface area contributed by atoms with Crippen LogP contribution in [0.2, 0.25) is 0 Å². The van der Waals surface area contributed by atoms with Gasteiger partial charge in [0, 0.05) is 6.54 Å². The molecule has 3 heteroatoms. The monoisotopic (exact) mass is 191 g/mol. The van der Waals surface area contributed by atoms with Crippen molar-refractivity contribution in [2.24, 2.45) is 0 Å². The number of benzene rings is 1. The van der Waals surface area contributed by atoms with Gasteiger partial charge < -0.3 is 14.8 Å². The van der Waals surface area contributed by atoms with E-state index in [2.05, 4.69) is 5.32 Å². The van der Waals surface area contributed by atoms with Crippen molar-refractivity contribution in [2.45, 2.75) is 12.1 Å². The summed E-state index contributed by atoms with van der Waals surface area (Å²) in [5, 5.41) is 3.12. The molecule has 1 aromatic carbocycles. The summed E-state index contributed by atoms with van der Waals surface area (Å²) in [6.07, 6.45) is 0.777. The zero-order valence-electron chi connectivity index (χ0n) is 7.85. The van der Waals surface area contributed by atoms with Crippen molar-refractivity contribution in [1.29, 1.82) is 0 Å². The van der Waals surface area contributed by atoms with Crippen molar-refractivity contribution in [2.75, 3.05) is 13.2 Å². The zero-order valence-corrected chi connectivity index (χ0v) is 7.85. The first-order chi connectivity index (χ1) is 6.92. The van der Waals surface area contributed by atoms with Gasteiger partial charge in [0.25, 0.3) is 0 Å². The van der Waals surface area contributed by atoms with Gasteiger partial charge in [0.05, 0.1) is 12.6 Å². The number of ether oxygens (including phenoxy) is 1. The van der Waals surface area contributed by atoms with Crippen LogP contribution >= 0.6 is 0 Å². The number of morpholine rings is 1. The Morgan fingerprint density at radius 2 is 2.14 bits per heavy atom. The third-order valence-electron chi connectivity index (χ3n) is 2.38. The van der Waals surface area contributed by atoms with E-state index in [4.69, 9.17) is 4.74 Å². The molecule has 2 rings (SSSR count). The highest BCUT2D eigenvalue weighted by atomic mass is 16.5. The Morgan fingerprint density at radius 1 is 1.36 bits per heavy atom. The van der Waals surface area contributed by atoms with Gasteiger partial charge in [-0.25, -0.2) is 0 Å². The van der Waals surface area contributed by atoms with Crippen LogP contribution in [0.3, 0.4) is 0 Å². The lowest BCUT2D eigenvalue weighted by molar-refractivity contribution is -0.115. The number of nitrogens with one attached hydrogen (secondary N) is 1. The van der Waals surface area contributed by atoms with Crippen LogP contribution in [-0.2, 0) is 9.53 Å². The molecule has 0 spiro atoms. The third-order valence-corrected chi connectivity index (χ3v) is 2.38. The summed E-state index contributed by atoms with van der Waals surface area (Å²) in [5.41, 5.74) is 1.05. The number of hydrogen-bond donors (Lipinski definition) is 1. The van der Waals surface area contributed by atoms with E-state index in [-0.39, 0.29) is 12.1 Å². The first-order valence-corrected chi connectivity index (χ1v) is 4.77. The molecule has 0 aliphatic carbocycles. The predicted molar refractivity (Wildman–Crippen MR) is 53.0 cm³/mol. The third kappa shape index (κ3) is 1.84. The van der Waals surface area contributed by atoms with E-state index in [0.29, 0.717) is 6.61 Å². The van der Waals surface area contributed by atoms with E-state index >= 15 is 0 Å². The maximum atomic E-state index is 10.8. The largest absolute Gasteiger partial charge is 0.370 e. The molecule has 0 aromatic heterocycles. The van der Waals surface area contributed by atoms with E-state index in [1.807, 2.05) is 30.3 Å². The first-order valence-electron chi connectivity index (χ1n) is 4.77. The highest BCUT2D eigenvalue weighted by Crippen LogP contribution is 2.22. The van der Waals surface area contributed by atoms with Crippen molar-refractivity contribution in [1.82, 2.24) is 5.32 Å². The van der Waals surface area contributed by atoms with Gasteiger partial charge in [-0.3, -0.25) is 0 Å². The lowest BCUT2D eigenvalue weighted by Gasteiger charge is -2.29. The SMILES string of the molecule is O=CC1NCCOC1c1ccccc1. The number of rotatable bonds is 2. The van der Waals surface area contributed by atoms with Crippen LogP contribution in [0, 0.1) is 0 Å². The van der Waals surface area contributed by atoms with Gasteiger partial charge in [-0.05, 0) is 5.56 Å². The van der Waals surface area contributed by atoms with Gasteiger partial charge in [-0.2, -0.15) is 0 Å². The Balaban J connectivity index is 2.19. The van der Waals surface area contributed by atoms with Gasteiger partial charge in [0.15, 0.2) is 0 Å². The second kappa shape index (κ2) is 4.35. The quantitative estimate of drug-likeness (QED) is 0.706. The fourth-order valence-corrected chi connectivity index (χ4v) is 1.69. The normalized spacial score (nSPS) is 27.1. The standard InChI is InChI=1S/C11H13NO2/c13-8-10-11(14-7-6-12-10)9-4-2-1-3-5-9/h1-5,8,10-12H,6-7H2. The highest BCUT2D eigenvalue weighted by molar-refractivity contribution is 5.59. The summed E-state index contributed by atoms with van der Waals surface area (Å²) < 4.78 is 5.57. The van der Waals surface area contributed by atoms with Crippen molar-refractivity contribution >= 4 is 6.29 Å². The number of carbonyl (C=O) groups is 1. The molecule has 1 aliphatic heterocycles. The van der Waals surface area contributed by atoms with E-state index in [1.165, 1.54) is 0 Å². The number of carbonyl (C=O) groups excluding carboxylic acids is 1. The molecule has 1 saturated heterocycles. The van der Waals surface area contributed by atoms with Crippen LogP contribution in [0.5, 0.6) is 0 Å². The zero-order chi connectivity index (χ0) is 9.80. The Bertz CT molecular complexity index is 299. The summed E-state index contributed by atoms with van der Waals surface area (Å²) in [4.78, 5) is 10.8. The molecule has 0 bridgehead atoms. The second-order valence-corrected chi connectivity index (χ2v) is 3.32. The molecular weight excluding hydrogens is 178 g/mol. The van der Waals surface area contributed by atoms with Crippen molar-refractivity contribution in [3.8, 4) is 0 Å². The molecule has 1 aliphatic rings. The molecule has 2 unspecified atom stereocenters. The summed E-state index contributed by atoms with van der Waals surface area (Å²) in [6.45, 7) is 1.40. The van der Waals surface area contributed by atoms with Gasteiger partial charge in [0.2, 0.25) is 0 Å². The molecule has 0 saturated carbocycles. The minimum atomic E-state index is -0.217. The lowest BCUT2D eigenvalue weighted by Crippen LogP contribution is -2.44. The topological polar surface area (TPSA) is 38.3 Å².